The maximum absolute atomic E-state index is 13.6. The van der Waals surface area contributed by atoms with Crippen molar-refractivity contribution in [2.75, 3.05) is 6.54 Å². The minimum Gasteiger partial charge on any atom is -0.305 e. The predicted molar refractivity (Wildman–Crippen MR) is 63.1 cm³/mol. The molecule has 0 fully saturated rings. The van der Waals surface area contributed by atoms with Crippen LogP contribution < -0.4 is 5.32 Å². The van der Waals surface area contributed by atoms with Crippen molar-refractivity contribution < 1.29 is 26.3 Å². The summed E-state index contributed by atoms with van der Waals surface area (Å²) in [6, 6.07) is -0.956. The molecule has 0 heterocycles. The van der Waals surface area contributed by atoms with E-state index in [1.165, 1.54) is 6.92 Å². The molecule has 0 amide bonds. The molecule has 1 N–H and O–H groups in total. The smallest absolute Gasteiger partial charge is 0.305 e. The number of benzene rings is 1. The van der Waals surface area contributed by atoms with Crippen LogP contribution in [0.5, 0.6) is 0 Å². The molecular weight excluding hydrogens is 284 g/mol. The van der Waals surface area contributed by atoms with Crippen LogP contribution in [0.25, 0.3) is 0 Å². The van der Waals surface area contributed by atoms with Gasteiger partial charge < -0.3 is 5.32 Å². The lowest BCUT2D eigenvalue weighted by Gasteiger charge is -2.28. The van der Waals surface area contributed by atoms with E-state index >= 15 is 0 Å². The molecule has 1 aromatic rings. The van der Waals surface area contributed by atoms with Gasteiger partial charge in [-0.2, -0.15) is 8.78 Å². The van der Waals surface area contributed by atoms with Gasteiger partial charge >= 0.3 is 12.3 Å². The number of hydrogen-bond donors (Lipinski definition) is 1. The second kappa shape index (κ2) is 6.47. The first-order chi connectivity index (χ1) is 9.21. The zero-order valence-corrected chi connectivity index (χ0v) is 11.0. The van der Waals surface area contributed by atoms with Crippen LogP contribution in [0.1, 0.15) is 30.5 Å². The molecule has 0 spiro atoms. The van der Waals surface area contributed by atoms with E-state index < -0.39 is 35.6 Å². The second-order valence-electron chi connectivity index (χ2n) is 4.49. The van der Waals surface area contributed by atoms with Crippen LogP contribution in [0.3, 0.4) is 0 Å². The Morgan fingerprint density at radius 3 is 2.25 bits per heavy atom. The molecule has 0 aromatic heterocycles. The Kier molecular flexibility index (Phi) is 5.44. The first-order valence-corrected chi connectivity index (χ1v) is 6.06. The molecule has 0 aliphatic carbocycles. The van der Waals surface area contributed by atoms with Gasteiger partial charge in [0.15, 0.2) is 0 Å². The van der Waals surface area contributed by atoms with Crippen LogP contribution in [0, 0.1) is 18.6 Å². The average Bonchev–Trinajstić information content (AvgIpc) is 2.35. The molecule has 7 heteroatoms. The van der Waals surface area contributed by atoms with E-state index in [1.54, 1.807) is 6.92 Å². The molecule has 20 heavy (non-hydrogen) atoms. The molecule has 1 unspecified atom stereocenters. The maximum Gasteiger partial charge on any atom is 0.326 e. The van der Waals surface area contributed by atoms with Crippen LogP contribution >= 0.6 is 0 Å². The number of rotatable bonds is 6. The van der Waals surface area contributed by atoms with Crippen LogP contribution in [-0.2, 0) is 0 Å². The minimum atomic E-state index is -4.46. The molecule has 1 atom stereocenters. The highest BCUT2D eigenvalue weighted by atomic mass is 19.3. The number of hydrogen-bond acceptors (Lipinski definition) is 1. The van der Waals surface area contributed by atoms with Gasteiger partial charge in [0.25, 0.3) is 0 Å². The van der Waals surface area contributed by atoms with E-state index in [-0.39, 0.29) is 12.1 Å². The summed E-state index contributed by atoms with van der Waals surface area (Å²) in [5.41, 5.74) is -0.752. The summed E-state index contributed by atoms with van der Waals surface area (Å²) in [4.78, 5) is 0. The van der Waals surface area contributed by atoms with Crippen molar-refractivity contribution in [1.82, 2.24) is 5.32 Å². The normalized spacial score (nSPS) is 13.8. The quantitative estimate of drug-likeness (QED) is 0.776. The standard InChI is InChI=1S/C13H15F6N/c1-3-4-20-11(13(18,19)12(16)17)8-5-7(2)9(14)6-10(8)15/h5-6,11-12,20H,3-4H2,1-2H3. The average molecular weight is 299 g/mol. The third kappa shape index (κ3) is 3.45. The van der Waals surface area contributed by atoms with Gasteiger partial charge in [-0.15, -0.1) is 0 Å². The Bertz CT molecular complexity index is 460. The van der Waals surface area contributed by atoms with Crippen LogP contribution in [0.4, 0.5) is 26.3 Å². The van der Waals surface area contributed by atoms with Crippen LogP contribution in [0.2, 0.25) is 0 Å². The van der Waals surface area contributed by atoms with E-state index in [0.29, 0.717) is 12.5 Å². The lowest BCUT2D eigenvalue weighted by molar-refractivity contribution is -0.152. The highest BCUT2D eigenvalue weighted by Crippen LogP contribution is 2.38. The van der Waals surface area contributed by atoms with E-state index in [1.807, 2.05) is 0 Å². The van der Waals surface area contributed by atoms with Crippen molar-refractivity contribution >= 4 is 0 Å². The number of aryl methyl sites for hydroxylation is 1. The molecule has 1 nitrogen and oxygen atoms in total. The first kappa shape index (κ1) is 16.8. The Hall–Kier alpha value is -1.24. The molecule has 0 saturated heterocycles. The Balaban J connectivity index is 3.27. The Labute approximate surface area is 113 Å². The SMILES string of the molecule is CCCNC(c1cc(C)c(F)cc1F)C(F)(F)C(F)F. The van der Waals surface area contributed by atoms with E-state index in [0.717, 1.165) is 6.07 Å². The molecule has 114 valence electrons. The Morgan fingerprint density at radius 1 is 1.15 bits per heavy atom. The summed E-state index contributed by atoms with van der Waals surface area (Å²) in [6.45, 7) is 2.90. The maximum atomic E-state index is 13.6. The van der Waals surface area contributed by atoms with Crippen molar-refractivity contribution in [3.8, 4) is 0 Å². The van der Waals surface area contributed by atoms with Crippen molar-refractivity contribution in [3.05, 3.63) is 34.9 Å². The fourth-order valence-electron chi connectivity index (χ4n) is 1.77. The summed E-state index contributed by atoms with van der Waals surface area (Å²) in [6.07, 6.45) is -3.56. The molecule has 0 saturated carbocycles. The number of alkyl halides is 4. The number of halogens is 6. The van der Waals surface area contributed by atoms with Crippen LogP contribution in [-0.4, -0.2) is 18.9 Å². The minimum absolute atomic E-state index is 0.00282. The second-order valence-corrected chi connectivity index (χ2v) is 4.49. The van der Waals surface area contributed by atoms with E-state index in [4.69, 9.17) is 0 Å². The third-order valence-electron chi connectivity index (χ3n) is 2.86. The van der Waals surface area contributed by atoms with Crippen molar-refractivity contribution in [3.63, 3.8) is 0 Å². The first-order valence-electron chi connectivity index (χ1n) is 6.06. The molecule has 1 rings (SSSR count). The van der Waals surface area contributed by atoms with E-state index in [2.05, 4.69) is 5.32 Å². The Morgan fingerprint density at radius 2 is 1.75 bits per heavy atom. The van der Waals surface area contributed by atoms with Crippen molar-refractivity contribution in [1.29, 1.82) is 0 Å². The summed E-state index contributed by atoms with van der Waals surface area (Å²) >= 11 is 0. The summed E-state index contributed by atoms with van der Waals surface area (Å²) in [5.74, 6) is -6.65. The topological polar surface area (TPSA) is 12.0 Å². The van der Waals surface area contributed by atoms with Gasteiger partial charge in [-0.05, 0) is 31.5 Å². The van der Waals surface area contributed by atoms with E-state index in [9.17, 15) is 26.3 Å². The van der Waals surface area contributed by atoms with Gasteiger partial charge in [-0.1, -0.05) is 6.92 Å². The highest BCUT2D eigenvalue weighted by Gasteiger charge is 2.50. The molecule has 0 aliphatic rings. The fraction of sp³-hybridized carbons (Fsp3) is 0.538. The van der Waals surface area contributed by atoms with Gasteiger partial charge in [0.2, 0.25) is 0 Å². The van der Waals surface area contributed by atoms with Gasteiger partial charge in [0, 0.05) is 11.6 Å². The fourth-order valence-corrected chi connectivity index (χ4v) is 1.77. The molecular formula is C13H15F6N. The van der Waals surface area contributed by atoms with Crippen molar-refractivity contribution in [2.24, 2.45) is 0 Å². The molecule has 0 aliphatic heterocycles. The predicted octanol–water partition coefficient (Wildman–Crippen LogP) is 4.21. The zero-order chi connectivity index (χ0) is 15.5. The lowest BCUT2D eigenvalue weighted by atomic mass is 9.97. The third-order valence-corrected chi connectivity index (χ3v) is 2.86. The summed E-state index contributed by atoms with van der Waals surface area (Å²) in [5, 5.41) is 2.20. The lowest BCUT2D eigenvalue weighted by Crippen LogP contribution is -2.43. The monoisotopic (exact) mass is 299 g/mol. The van der Waals surface area contributed by atoms with Gasteiger partial charge in [0.05, 0.1) is 0 Å². The molecule has 0 bridgehead atoms. The van der Waals surface area contributed by atoms with Gasteiger partial charge in [-0.25, -0.2) is 17.6 Å². The summed E-state index contributed by atoms with van der Waals surface area (Å²) in [7, 11) is 0. The summed E-state index contributed by atoms with van der Waals surface area (Å²) < 4.78 is 78.9. The number of nitrogens with one attached hydrogen (secondary N) is 1. The van der Waals surface area contributed by atoms with Gasteiger partial charge in [0.1, 0.15) is 17.7 Å². The largest absolute Gasteiger partial charge is 0.326 e. The highest BCUT2D eigenvalue weighted by molar-refractivity contribution is 5.30. The van der Waals surface area contributed by atoms with Crippen molar-refractivity contribution in [2.45, 2.75) is 38.7 Å². The molecule has 1 aromatic carbocycles. The van der Waals surface area contributed by atoms with Gasteiger partial charge in [-0.3, -0.25) is 0 Å². The molecule has 0 radical (unpaired) electrons. The van der Waals surface area contributed by atoms with Crippen LogP contribution in [0.15, 0.2) is 12.1 Å². The zero-order valence-electron chi connectivity index (χ0n) is 11.0.